The molecule has 1 unspecified atom stereocenters. The highest BCUT2D eigenvalue weighted by Gasteiger charge is 2.33. The number of rotatable bonds is 18. The molecule has 0 amide bonds. The fourth-order valence-corrected chi connectivity index (χ4v) is 2.42. The second kappa shape index (κ2) is 17.3. The highest BCUT2D eigenvalue weighted by Crippen LogP contribution is 2.26. The Kier molecular flexibility index (Phi) is 16.7. The zero-order valence-electron chi connectivity index (χ0n) is 18.2. The molecule has 1 atom stereocenters. The van der Waals surface area contributed by atoms with Crippen molar-refractivity contribution in [3.8, 4) is 0 Å². The van der Waals surface area contributed by atoms with Gasteiger partial charge in [-0.25, -0.2) is 4.79 Å². The molecule has 0 bridgehead atoms. The number of unbranched alkanes of at least 4 members (excludes halogenated alkanes) is 5. The van der Waals surface area contributed by atoms with Crippen molar-refractivity contribution in [2.45, 2.75) is 91.5 Å². The van der Waals surface area contributed by atoms with Gasteiger partial charge in [-0.15, -0.1) is 0 Å². The predicted octanol–water partition coefficient (Wildman–Crippen LogP) is 5.68. The second-order valence-electron chi connectivity index (χ2n) is 7.26. The third-order valence-electron chi connectivity index (χ3n) is 4.04. The quantitative estimate of drug-likeness (QED) is 0.170. The molecular formula is C21H42O6. The van der Waals surface area contributed by atoms with Crippen LogP contribution in [-0.4, -0.2) is 45.7 Å². The van der Waals surface area contributed by atoms with Crippen LogP contribution in [0.1, 0.15) is 85.5 Å². The lowest BCUT2D eigenvalue weighted by molar-refractivity contribution is -0.386. The molecule has 0 saturated heterocycles. The summed E-state index contributed by atoms with van der Waals surface area (Å²) in [5.41, 5.74) is 0. The van der Waals surface area contributed by atoms with E-state index in [4.69, 9.17) is 18.9 Å². The van der Waals surface area contributed by atoms with Gasteiger partial charge in [0.1, 0.15) is 0 Å². The molecule has 0 fully saturated rings. The van der Waals surface area contributed by atoms with E-state index in [-0.39, 0.29) is 0 Å². The second-order valence-corrected chi connectivity index (χ2v) is 7.26. The predicted molar refractivity (Wildman–Crippen MR) is 107 cm³/mol. The van der Waals surface area contributed by atoms with E-state index in [2.05, 4.69) is 32.4 Å². The van der Waals surface area contributed by atoms with Crippen LogP contribution in [0.3, 0.4) is 0 Å². The Labute approximate surface area is 166 Å². The van der Waals surface area contributed by atoms with Gasteiger partial charge in [-0.2, -0.15) is 0 Å². The van der Waals surface area contributed by atoms with Gasteiger partial charge in [-0.3, -0.25) is 0 Å². The summed E-state index contributed by atoms with van der Waals surface area (Å²) < 4.78 is 27.8. The van der Waals surface area contributed by atoms with E-state index in [0.29, 0.717) is 38.8 Å². The number of carbonyl (C=O) groups is 1. The molecule has 0 radical (unpaired) electrons. The first-order valence-corrected chi connectivity index (χ1v) is 10.6. The zero-order chi connectivity index (χ0) is 20.4. The molecule has 0 aromatic heterocycles. The fourth-order valence-electron chi connectivity index (χ4n) is 2.42. The highest BCUT2D eigenvalue weighted by atomic mass is 16.9. The monoisotopic (exact) mass is 390 g/mol. The van der Waals surface area contributed by atoms with Crippen molar-refractivity contribution in [3.63, 3.8) is 0 Å². The van der Waals surface area contributed by atoms with Crippen molar-refractivity contribution >= 4 is 6.16 Å². The minimum absolute atomic E-state index is 0.362. The summed E-state index contributed by atoms with van der Waals surface area (Å²) in [7, 11) is 1.31. The Hall–Kier alpha value is -0.850. The molecule has 0 heterocycles. The van der Waals surface area contributed by atoms with Crippen LogP contribution < -0.4 is 0 Å². The SMILES string of the molecule is CCCCCOC(CCCCCOC(=O)OC)(OCCCC)OCC(C)C. The average molecular weight is 391 g/mol. The first-order chi connectivity index (χ1) is 13.0. The highest BCUT2D eigenvalue weighted by molar-refractivity contribution is 5.59. The summed E-state index contributed by atoms with van der Waals surface area (Å²) in [5, 5.41) is 0. The van der Waals surface area contributed by atoms with Crippen LogP contribution in [-0.2, 0) is 23.7 Å². The lowest BCUT2D eigenvalue weighted by Crippen LogP contribution is -2.41. The van der Waals surface area contributed by atoms with E-state index in [1.165, 1.54) is 7.11 Å². The fraction of sp³-hybridized carbons (Fsp3) is 0.952. The van der Waals surface area contributed by atoms with Gasteiger partial charge in [0.2, 0.25) is 0 Å². The topological polar surface area (TPSA) is 63.2 Å². The Morgan fingerprint density at radius 2 is 1.44 bits per heavy atom. The molecular weight excluding hydrogens is 348 g/mol. The molecule has 0 saturated carbocycles. The summed E-state index contributed by atoms with van der Waals surface area (Å²) in [4.78, 5) is 11.0. The molecule has 0 aromatic rings. The van der Waals surface area contributed by atoms with Crippen molar-refractivity contribution < 1.29 is 28.5 Å². The molecule has 6 nitrogen and oxygen atoms in total. The van der Waals surface area contributed by atoms with E-state index >= 15 is 0 Å². The van der Waals surface area contributed by atoms with E-state index in [1.807, 2.05) is 0 Å². The van der Waals surface area contributed by atoms with Crippen molar-refractivity contribution in [3.05, 3.63) is 0 Å². The Bertz CT molecular complexity index is 348. The maximum atomic E-state index is 11.0. The van der Waals surface area contributed by atoms with Crippen LogP contribution in [0, 0.1) is 5.92 Å². The lowest BCUT2D eigenvalue weighted by atomic mass is 10.1. The van der Waals surface area contributed by atoms with Crippen molar-refractivity contribution in [2.24, 2.45) is 5.92 Å². The molecule has 0 spiro atoms. The van der Waals surface area contributed by atoms with E-state index in [1.54, 1.807) is 0 Å². The number of methoxy groups -OCH3 is 1. The van der Waals surface area contributed by atoms with E-state index in [0.717, 1.165) is 51.4 Å². The maximum Gasteiger partial charge on any atom is 0.507 e. The van der Waals surface area contributed by atoms with Crippen LogP contribution in [0.5, 0.6) is 0 Å². The maximum absolute atomic E-state index is 11.0. The largest absolute Gasteiger partial charge is 0.507 e. The first kappa shape index (κ1) is 26.1. The van der Waals surface area contributed by atoms with Crippen LogP contribution in [0.2, 0.25) is 0 Å². The van der Waals surface area contributed by atoms with Crippen LogP contribution >= 0.6 is 0 Å². The standard InChI is InChI=1S/C21H42O6/c1-6-8-12-17-26-21(25-16-9-7-2,27-18-19(3)4)14-11-10-13-15-24-20(22)23-5/h19H,6-18H2,1-5H3. The summed E-state index contributed by atoms with van der Waals surface area (Å²) in [6.45, 7) is 10.8. The Morgan fingerprint density at radius 1 is 0.815 bits per heavy atom. The number of hydrogen-bond donors (Lipinski definition) is 0. The normalized spacial score (nSPS) is 13.6. The number of hydrogen-bond acceptors (Lipinski definition) is 6. The van der Waals surface area contributed by atoms with Crippen LogP contribution in [0.25, 0.3) is 0 Å². The molecule has 162 valence electrons. The van der Waals surface area contributed by atoms with Gasteiger partial charge in [0.15, 0.2) is 0 Å². The first-order valence-electron chi connectivity index (χ1n) is 10.6. The molecule has 0 aromatic carbocycles. The van der Waals surface area contributed by atoms with Gasteiger partial charge in [-0.05, 0) is 38.0 Å². The smallest absolute Gasteiger partial charge is 0.438 e. The Morgan fingerprint density at radius 3 is 2.04 bits per heavy atom. The third kappa shape index (κ3) is 14.8. The lowest BCUT2D eigenvalue weighted by Gasteiger charge is -2.34. The summed E-state index contributed by atoms with van der Waals surface area (Å²) >= 11 is 0. The van der Waals surface area contributed by atoms with Gasteiger partial charge in [-0.1, -0.05) is 47.0 Å². The zero-order valence-corrected chi connectivity index (χ0v) is 18.2. The molecule has 27 heavy (non-hydrogen) atoms. The van der Waals surface area contributed by atoms with E-state index < -0.39 is 12.1 Å². The van der Waals surface area contributed by atoms with Crippen molar-refractivity contribution in [1.82, 2.24) is 0 Å². The van der Waals surface area contributed by atoms with E-state index in [9.17, 15) is 4.79 Å². The molecule has 0 aliphatic heterocycles. The molecule has 0 N–H and O–H groups in total. The third-order valence-corrected chi connectivity index (χ3v) is 4.04. The van der Waals surface area contributed by atoms with Gasteiger partial charge >= 0.3 is 6.16 Å². The van der Waals surface area contributed by atoms with Gasteiger partial charge in [0.25, 0.3) is 5.97 Å². The van der Waals surface area contributed by atoms with Crippen LogP contribution in [0.4, 0.5) is 4.79 Å². The summed E-state index contributed by atoms with van der Waals surface area (Å²) in [6, 6.07) is 0. The minimum Gasteiger partial charge on any atom is -0.438 e. The van der Waals surface area contributed by atoms with Crippen molar-refractivity contribution in [1.29, 1.82) is 0 Å². The molecule has 6 heteroatoms. The number of ether oxygens (including phenoxy) is 5. The van der Waals surface area contributed by atoms with Gasteiger partial charge in [0.05, 0.1) is 33.5 Å². The summed E-state index contributed by atoms with van der Waals surface area (Å²) in [5.74, 6) is -0.553. The average Bonchev–Trinajstić information content (AvgIpc) is 2.66. The van der Waals surface area contributed by atoms with Crippen LogP contribution in [0.15, 0.2) is 0 Å². The molecule has 0 rings (SSSR count). The van der Waals surface area contributed by atoms with Gasteiger partial charge in [0, 0.05) is 6.42 Å². The summed E-state index contributed by atoms with van der Waals surface area (Å²) in [6.07, 6.45) is 7.95. The molecule has 0 aliphatic rings. The minimum atomic E-state index is -0.962. The molecule has 0 aliphatic carbocycles. The Balaban J connectivity index is 4.58. The van der Waals surface area contributed by atoms with Crippen molar-refractivity contribution in [2.75, 3.05) is 33.5 Å². The van der Waals surface area contributed by atoms with Gasteiger partial charge < -0.3 is 23.7 Å². The number of carbonyl (C=O) groups excluding carboxylic acids is 1.